The van der Waals surface area contributed by atoms with E-state index in [1.54, 1.807) is 24.0 Å². The van der Waals surface area contributed by atoms with Gasteiger partial charge in [0.2, 0.25) is 15.9 Å². The van der Waals surface area contributed by atoms with Gasteiger partial charge >= 0.3 is 0 Å². The topological polar surface area (TPSA) is 125 Å². The molecule has 3 rings (SSSR count). The van der Waals surface area contributed by atoms with E-state index in [4.69, 9.17) is 11.6 Å². The van der Waals surface area contributed by atoms with Crippen LogP contribution in [0.2, 0.25) is 5.15 Å². The van der Waals surface area contributed by atoms with Crippen molar-refractivity contribution >= 4 is 33.4 Å². The highest BCUT2D eigenvalue weighted by Gasteiger charge is 2.40. The number of nitrogens with one attached hydrogen (secondary N) is 1. The first kappa shape index (κ1) is 23.8. The first-order chi connectivity index (χ1) is 15.0. The number of nitrogens with zero attached hydrogens (tertiary/aromatic N) is 5. The molecule has 2 aromatic heterocycles. The Balaban J connectivity index is 2.10. The predicted molar refractivity (Wildman–Crippen MR) is 119 cm³/mol. The van der Waals surface area contributed by atoms with Crippen LogP contribution in [0.1, 0.15) is 29.0 Å². The zero-order chi connectivity index (χ0) is 23.6. The van der Waals surface area contributed by atoms with E-state index in [1.165, 1.54) is 29.8 Å². The number of halogens is 1. The molecule has 2 aromatic rings. The molecule has 0 saturated carbocycles. The molecule has 1 aliphatic rings. The Morgan fingerprint density at radius 2 is 1.94 bits per heavy atom. The van der Waals surface area contributed by atoms with Crippen molar-refractivity contribution < 1.29 is 18.0 Å². The number of carbonyl (C=O) groups excluding carboxylic acids is 2. The number of hydrogen-bond donors (Lipinski definition) is 1. The molecule has 0 spiro atoms. The fourth-order valence-corrected chi connectivity index (χ4v) is 5.37. The van der Waals surface area contributed by atoms with E-state index in [2.05, 4.69) is 26.8 Å². The Kier molecular flexibility index (Phi) is 6.91. The van der Waals surface area contributed by atoms with E-state index >= 15 is 0 Å². The standard InChI is InChI=1S/C20H23ClN6O4S/c1-5-19(28)26-9-12(2)27(32(4,30)31)17(10-26)13-6-15(25-18(21)7-13)14-8-16(20(29)22-3)24-11-23-14/h5-8,11-12,17H,1,9-10H2,2-4H3,(H,22,29)/t12-,17+/m0/s1. The largest absolute Gasteiger partial charge is 0.354 e. The molecule has 2 atom stereocenters. The first-order valence-electron chi connectivity index (χ1n) is 9.67. The molecule has 0 aromatic carbocycles. The average molecular weight is 479 g/mol. The molecule has 1 aliphatic heterocycles. The lowest BCUT2D eigenvalue weighted by molar-refractivity contribution is -0.129. The highest BCUT2D eigenvalue weighted by atomic mass is 35.5. The number of amides is 2. The minimum absolute atomic E-state index is 0.117. The fraction of sp³-hybridized carbons (Fsp3) is 0.350. The maximum atomic E-state index is 12.6. The normalized spacial score (nSPS) is 19.4. The molecule has 2 amide bonds. The lowest BCUT2D eigenvalue weighted by Crippen LogP contribution is -2.56. The number of hydrogen-bond acceptors (Lipinski definition) is 7. The van der Waals surface area contributed by atoms with Crippen LogP contribution in [0.5, 0.6) is 0 Å². The minimum atomic E-state index is -3.61. The van der Waals surface area contributed by atoms with Crippen molar-refractivity contribution in [2.45, 2.75) is 19.0 Å². The number of pyridine rings is 1. The van der Waals surface area contributed by atoms with Crippen molar-refractivity contribution in [3.63, 3.8) is 0 Å². The van der Waals surface area contributed by atoms with Gasteiger partial charge in [0.05, 0.1) is 23.7 Å². The third-order valence-electron chi connectivity index (χ3n) is 5.08. The van der Waals surface area contributed by atoms with Crippen LogP contribution in [0, 0.1) is 0 Å². The van der Waals surface area contributed by atoms with E-state index in [0.29, 0.717) is 17.0 Å². The summed E-state index contributed by atoms with van der Waals surface area (Å²) in [5, 5.41) is 2.60. The van der Waals surface area contributed by atoms with Crippen molar-refractivity contribution in [1.82, 2.24) is 29.5 Å². The minimum Gasteiger partial charge on any atom is -0.354 e. The monoisotopic (exact) mass is 478 g/mol. The number of carbonyl (C=O) groups is 2. The Bertz CT molecular complexity index is 1170. The van der Waals surface area contributed by atoms with Gasteiger partial charge in [-0.15, -0.1) is 0 Å². The molecule has 170 valence electrons. The zero-order valence-corrected chi connectivity index (χ0v) is 19.4. The smallest absolute Gasteiger partial charge is 0.269 e. The molecule has 3 heterocycles. The third-order valence-corrected chi connectivity index (χ3v) is 6.65. The van der Waals surface area contributed by atoms with E-state index in [1.807, 2.05) is 0 Å². The van der Waals surface area contributed by atoms with Crippen molar-refractivity contribution in [2.75, 3.05) is 26.4 Å². The Labute approximate surface area is 191 Å². The van der Waals surface area contributed by atoms with Gasteiger partial charge in [0, 0.05) is 26.2 Å². The summed E-state index contributed by atoms with van der Waals surface area (Å²) in [5.74, 6) is -0.680. The molecule has 1 saturated heterocycles. The Morgan fingerprint density at radius 3 is 2.56 bits per heavy atom. The van der Waals surface area contributed by atoms with Crippen LogP contribution in [0.3, 0.4) is 0 Å². The predicted octanol–water partition coefficient (Wildman–Crippen LogP) is 1.27. The van der Waals surface area contributed by atoms with Gasteiger partial charge < -0.3 is 10.2 Å². The lowest BCUT2D eigenvalue weighted by atomic mass is 10.0. The summed E-state index contributed by atoms with van der Waals surface area (Å²) >= 11 is 6.27. The van der Waals surface area contributed by atoms with Crippen molar-refractivity contribution in [3.8, 4) is 11.4 Å². The first-order valence-corrected chi connectivity index (χ1v) is 11.9. The molecule has 10 nitrogen and oxygen atoms in total. The molecule has 0 radical (unpaired) electrons. The van der Waals surface area contributed by atoms with Crippen LogP contribution < -0.4 is 5.32 Å². The maximum Gasteiger partial charge on any atom is 0.269 e. The van der Waals surface area contributed by atoms with Gasteiger partial charge in [-0.25, -0.2) is 23.4 Å². The van der Waals surface area contributed by atoms with Gasteiger partial charge in [-0.2, -0.15) is 4.31 Å². The van der Waals surface area contributed by atoms with Crippen LogP contribution in [0.15, 0.2) is 37.2 Å². The summed E-state index contributed by atoms with van der Waals surface area (Å²) in [7, 11) is -2.13. The lowest BCUT2D eigenvalue weighted by Gasteiger charge is -2.44. The van der Waals surface area contributed by atoms with Crippen LogP contribution in [-0.4, -0.2) is 76.8 Å². The molecule has 32 heavy (non-hydrogen) atoms. The second-order valence-electron chi connectivity index (χ2n) is 7.38. The molecule has 0 unspecified atom stereocenters. The van der Waals surface area contributed by atoms with E-state index in [9.17, 15) is 18.0 Å². The Morgan fingerprint density at radius 1 is 1.22 bits per heavy atom. The molecule has 0 bridgehead atoms. The summed E-state index contributed by atoms with van der Waals surface area (Å²) in [6.45, 7) is 5.62. The number of rotatable bonds is 5. The van der Waals surface area contributed by atoms with Crippen LogP contribution >= 0.6 is 11.6 Å². The van der Waals surface area contributed by atoms with Gasteiger partial charge in [-0.1, -0.05) is 18.2 Å². The summed E-state index contributed by atoms with van der Waals surface area (Å²) in [6.07, 6.45) is 3.56. The molecule has 12 heteroatoms. The highest BCUT2D eigenvalue weighted by Crippen LogP contribution is 2.34. The van der Waals surface area contributed by atoms with Gasteiger partial charge in [-0.05, 0) is 36.8 Å². The number of piperazine rings is 1. The average Bonchev–Trinajstić information content (AvgIpc) is 2.76. The second-order valence-corrected chi connectivity index (χ2v) is 9.66. The molecule has 1 fully saturated rings. The number of sulfonamides is 1. The van der Waals surface area contributed by atoms with E-state index < -0.39 is 22.1 Å². The van der Waals surface area contributed by atoms with Gasteiger partial charge in [0.1, 0.15) is 17.2 Å². The quantitative estimate of drug-likeness (QED) is 0.506. The van der Waals surface area contributed by atoms with Crippen molar-refractivity contribution in [1.29, 1.82) is 0 Å². The summed E-state index contributed by atoms with van der Waals surface area (Å²) in [6, 6.07) is 3.51. The van der Waals surface area contributed by atoms with Gasteiger partial charge in [0.25, 0.3) is 5.91 Å². The number of aromatic nitrogens is 3. The summed E-state index contributed by atoms with van der Waals surface area (Å²) in [5.41, 5.74) is 1.37. The maximum absolute atomic E-state index is 12.6. The van der Waals surface area contributed by atoms with E-state index in [0.717, 1.165) is 6.26 Å². The van der Waals surface area contributed by atoms with Crippen molar-refractivity contribution in [2.24, 2.45) is 0 Å². The van der Waals surface area contributed by atoms with Crippen LogP contribution in [0.4, 0.5) is 0 Å². The van der Waals surface area contributed by atoms with E-state index in [-0.39, 0.29) is 35.8 Å². The fourth-order valence-electron chi connectivity index (χ4n) is 3.78. The highest BCUT2D eigenvalue weighted by molar-refractivity contribution is 7.88. The van der Waals surface area contributed by atoms with Crippen LogP contribution in [-0.2, 0) is 14.8 Å². The molecule has 1 N–H and O–H groups in total. The molecule has 0 aliphatic carbocycles. The zero-order valence-electron chi connectivity index (χ0n) is 17.8. The summed E-state index contributed by atoms with van der Waals surface area (Å²) in [4.78, 5) is 38.1. The van der Waals surface area contributed by atoms with Crippen molar-refractivity contribution in [3.05, 3.63) is 53.6 Å². The van der Waals surface area contributed by atoms with Crippen LogP contribution in [0.25, 0.3) is 11.4 Å². The Hall–Kier alpha value is -2.89. The van der Waals surface area contributed by atoms with Gasteiger partial charge in [0.15, 0.2) is 0 Å². The molecular weight excluding hydrogens is 456 g/mol. The summed E-state index contributed by atoms with van der Waals surface area (Å²) < 4.78 is 26.6. The SMILES string of the molecule is C=CC(=O)N1C[C@H](c2cc(Cl)nc(-c3cc(C(=O)NC)ncn3)c2)N(S(C)(=O)=O)[C@@H](C)C1. The second kappa shape index (κ2) is 9.31. The molecular formula is C20H23ClN6O4S. The van der Waals surface area contributed by atoms with Gasteiger partial charge in [-0.3, -0.25) is 9.59 Å². The third kappa shape index (κ3) is 4.95.